The molecular weight excluding hydrogens is 244 g/mol. The lowest BCUT2D eigenvalue weighted by Gasteiger charge is -2.16. The Bertz CT molecular complexity index is 307. The van der Waals surface area contributed by atoms with E-state index in [-0.39, 0.29) is 19.6 Å². The minimum atomic E-state index is -1.26. The molecule has 2 atom stereocenters. The summed E-state index contributed by atoms with van der Waals surface area (Å²) in [5.41, 5.74) is 0. The van der Waals surface area contributed by atoms with Crippen molar-refractivity contribution in [3.8, 4) is 0 Å². The van der Waals surface area contributed by atoms with Crippen molar-refractivity contribution in [2.75, 3.05) is 13.2 Å². The quantitative estimate of drug-likeness (QED) is 0.439. The molecule has 18 heavy (non-hydrogen) atoms. The fourth-order valence-corrected chi connectivity index (χ4v) is 1.11. The molecule has 0 spiro atoms. The predicted octanol–water partition coefficient (Wildman–Crippen LogP) is -0.927. The molecule has 2 unspecified atom stereocenters. The second-order valence-electron chi connectivity index (χ2n) is 3.49. The first-order valence-corrected chi connectivity index (χ1v) is 5.49. The maximum Gasteiger partial charge on any atom is 0.328 e. The Labute approximate surface area is 104 Å². The van der Waals surface area contributed by atoms with Gasteiger partial charge in [-0.05, 0) is 13.8 Å². The summed E-state index contributed by atoms with van der Waals surface area (Å²) in [4.78, 5) is 33.3. The number of aliphatic hydroxyl groups excluding tert-OH is 1. The third-order valence-corrected chi connectivity index (χ3v) is 2.01. The molecule has 0 fully saturated rings. The van der Waals surface area contributed by atoms with Crippen LogP contribution in [0.4, 0.5) is 4.79 Å². The van der Waals surface area contributed by atoms with Crippen LogP contribution in [0.2, 0.25) is 0 Å². The molecule has 0 bridgehead atoms. The predicted molar refractivity (Wildman–Crippen MR) is 60.9 cm³/mol. The highest BCUT2D eigenvalue weighted by molar-refractivity contribution is 5.86. The van der Waals surface area contributed by atoms with Gasteiger partial charge in [0.1, 0.15) is 12.1 Å². The van der Waals surface area contributed by atoms with Crippen LogP contribution in [-0.2, 0) is 14.3 Å². The average molecular weight is 262 g/mol. The number of nitrogens with one attached hydrogen (secondary N) is 2. The zero-order valence-electron chi connectivity index (χ0n) is 10.3. The summed E-state index contributed by atoms with van der Waals surface area (Å²) >= 11 is 0. The summed E-state index contributed by atoms with van der Waals surface area (Å²) in [6, 6.07) is -2.89. The Morgan fingerprint density at radius 3 is 2.33 bits per heavy atom. The van der Waals surface area contributed by atoms with Crippen LogP contribution in [0.1, 0.15) is 20.3 Å². The van der Waals surface area contributed by atoms with E-state index in [1.165, 1.54) is 6.92 Å². The number of aliphatic carboxylic acids is 1. The number of rotatable bonds is 7. The molecule has 0 aliphatic carbocycles. The van der Waals surface area contributed by atoms with Gasteiger partial charge in [-0.15, -0.1) is 0 Å². The van der Waals surface area contributed by atoms with Crippen LogP contribution in [-0.4, -0.2) is 53.5 Å². The van der Waals surface area contributed by atoms with Gasteiger partial charge in [0.15, 0.2) is 0 Å². The normalized spacial score (nSPS) is 13.3. The van der Waals surface area contributed by atoms with Crippen LogP contribution in [0.25, 0.3) is 0 Å². The Kier molecular flexibility index (Phi) is 7.45. The SMILES string of the molecule is CCOC(=O)C(C)NC(=O)NC(CCO)C(=O)O. The molecule has 0 radical (unpaired) electrons. The van der Waals surface area contributed by atoms with Gasteiger partial charge in [0.05, 0.1) is 6.61 Å². The van der Waals surface area contributed by atoms with Crippen molar-refractivity contribution in [3.05, 3.63) is 0 Å². The number of carboxylic acids is 1. The number of esters is 1. The molecule has 0 aromatic rings. The average Bonchev–Trinajstić information content (AvgIpc) is 2.28. The number of carboxylic acid groups (broad SMARTS) is 1. The van der Waals surface area contributed by atoms with Gasteiger partial charge in [-0.2, -0.15) is 0 Å². The van der Waals surface area contributed by atoms with Crippen molar-refractivity contribution in [3.63, 3.8) is 0 Å². The Balaban J connectivity index is 4.23. The van der Waals surface area contributed by atoms with Crippen molar-refractivity contribution in [1.82, 2.24) is 10.6 Å². The molecule has 0 saturated carbocycles. The summed E-state index contributed by atoms with van der Waals surface area (Å²) in [5.74, 6) is -1.87. The summed E-state index contributed by atoms with van der Waals surface area (Å²) in [7, 11) is 0. The Morgan fingerprint density at radius 2 is 1.89 bits per heavy atom. The van der Waals surface area contributed by atoms with E-state index in [1.807, 2.05) is 0 Å². The van der Waals surface area contributed by atoms with Gasteiger partial charge in [-0.1, -0.05) is 0 Å². The van der Waals surface area contributed by atoms with Crippen LogP contribution in [0, 0.1) is 0 Å². The van der Waals surface area contributed by atoms with E-state index < -0.39 is 30.1 Å². The van der Waals surface area contributed by atoms with Gasteiger partial charge in [0.25, 0.3) is 0 Å². The summed E-state index contributed by atoms with van der Waals surface area (Å²) in [6.07, 6.45) is -0.115. The second-order valence-corrected chi connectivity index (χ2v) is 3.49. The molecule has 0 heterocycles. The lowest BCUT2D eigenvalue weighted by Crippen LogP contribution is -2.50. The van der Waals surface area contributed by atoms with Crippen molar-refractivity contribution in [2.24, 2.45) is 0 Å². The molecule has 0 aliphatic heterocycles. The topological polar surface area (TPSA) is 125 Å². The molecule has 104 valence electrons. The van der Waals surface area contributed by atoms with Crippen LogP contribution in [0.3, 0.4) is 0 Å². The number of ether oxygens (including phenoxy) is 1. The van der Waals surface area contributed by atoms with Crippen LogP contribution in [0.5, 0.6) is 0 Å². The number of hydrogen-bond donors (Lipinski definition) is 4. The first-order valence-electron chi connectivity index (χ1n) is 5.49. The molecule has 0 aliphatic rings. The monoisotopic (exact) mass is 262 g/mol. The smallest absolute Gasteiger partial charge is 0.328 e. The molecule has 8 heteroatoms. The van der Waals surface area contributed by atoms with E-state index in [0.29, 0.717) is 0 Å². The minimum absolute atomic E-state index is 0.115. The number of amides is 2. The number of carbonyl (C=O) groups excluding carboxylic acids is 2. The standard InChI is InChI=1S/C10H18N2O6/c1-3-18-9(16)6(2)11-10(17)12-7(4-5-13)8(14)15/h6-7,13H,3-5H2,1-2H3,(H,14,15)(H2,11,12,17). The summed E-state index contributed by atoms with van der Waals surface area (Å²) in [6.45, 7) is 2.87. The van der Waals surface area contributed by atoms with E-state index in [0.717, 1.165) is 0 Å². The van der Waals surface area contributed by atoms with E-state index in [2.05, 4.69) is 15.4 Å². The van der Waals surface area contributed by atoms with Crippen molar-refractivity contribution in [1.29, 1.82) is 0 Å². The van der Waals surface area contributed by atoms with E-state index in [9.17, 15) is 14.4 Å². The van der Waals surface area contributed by atoms with Crippen LogP contribution >= 0.6 is 0 Å². The third kappa shape index (κ3) is 6.04. The highest BCUT2D eigenvalue weighted by Crippen LogP contribution is 1.93. The molecule has 0 aromatic carbocycles. The minimum Gasteiger partial charge on any atom is -0.480 e. The van der Waals surface area contributed by atoms with E-state index in [1.54, 1.807) is 6.92 Å². The zero-order chi connectivity index (χ0) is 14.1. The van der Waals surface area contributed by atoms with Gasteiger partial charge in [0.2, 0.25) is 0 Å². The first kappa shape index (κ1) is 16.2. The van der Waals surface area contributed by atoms with E-state index in [4.69, 9.17) is 10.2 Å². The van der Waals surface area contributed by atoms with E-state index >= 15 is 0 Å². The largest absolute Gasteiger partial charge is 0.480 e. The summed E-state index contributed by atoms with van der Waals surface area (Å²) in [5, 5.41) is 21.7. The van der Waals surface area contributed by atoms with Gasteiger partial charge in [-0.3, -0.25) is 0 Å². The molecule has 0 saturated heterocycles. The van der Waals surface area contributed by atoms with Crippen molar-refractivity contribution < 1.29 is 29.3 Å². The third-order valence-electron chi connectivity index (χ3n) is 2.01. The second kappa shape index (κ2) is 8.29. The molecule has 0 rings (SSSR count). The molecule has 0 aromatic heterocycles. The first-order chi connectivity index (χ1) is 8.42. The molecular formula is C10H18N2O6. The van der Waals surface area contributed by atoms with Crippen molar-refractivity contribution >= 4 is 18.0 Å². The summed E-state index contributed by atoms with van der Waals surface area (Å²) < 4.78 is 4.67. The number of urea groups is 1. The fraction of sp³-hybridized carbons (Fsp3) is 0.700. The lowest BCUT2D eigenvalue weighted by molar-refractivity contribution is -0.144. The zero-order valence-corrected chi connectivity index (χ0v) is 10.3. The van der Waals surface area contributed by atoms with Gasteiger partial charge in [-0.25, -0.2) is 14.4 Å². The van der Waals surface area contributed by atoms with Crippen molar-refractivity contribution in [2.45, 2.75) is 32.4 Å². The van der Waals surface area contributed by atoms with Crippen LogP contribution in [0.15, 0.2) is 0 Å². The number of aliphatic hydroxyl groups is 1. The van der Waals surface area contributed by atoms with Gasteiger partial charge < -0.3 is 25.6 Å². The highest BCUT2D eigenvalue weighted by atomic mass is 16.5. The molecule has 8 nitrogen and oxygen atoms in total. The molecule has 2 amide bonds. The van der Waals surface area contributed by atoms with Crippen LogP contribution < -0.4 is 10.6 Å². The number of carbonyl (C=O) groups is 3. The Morgan fingerprint density at radius 1 is 1.28 bits per heavy atom. The molecule has 4 N–H and O–H groups in total. The Hall–Kier alpha value is -1.83. The van der Waals surface area contributed by atoms with Gasteiger partial charge in [0, 0.05) is 13.0 Å². The maximum absolute atomic E-state index is 11.4. The highest BCUT2D eigenvalue weighted by Gasteiger charge is 2.22. The lowest BCUT2D eigenvalue weighted by atomic mass is 10.2. The number of hydrogen-bond acceptors (Lipinski definition) is 5. The van der Waals surface area contributed by atoms with Gasteiger partial charge >= 0.3 is 18.0 Å². The fourth-order valence-electron chi connectivity index (χ4n) is 1.11. The maximum atomic E-state index is 11.4.